The van der Waals surface area contributed by atoms with Crippen LogP contribution < -0.4 is 10.9 Å². The molecule has 2 aliphatic rings. The number of carbonyl (C=O) groups is 1. The van der Waals surface area contributed by atoms with E-state index in [9.17, 15) is 19.1 Å². The van der Waals surface area contributed by atoms with Gasteiger partial charge in [0.25, 0.3) is 5.56 Å². The van der Waals surface area contributed by atoms with Gasteiger partial charge in [-0.05, 0) is 57.4 Å². The van der Waals surface area contributed by atoms with E-state index in [1.807, 2.05) is 0 Å². The van der Waals surface area contributed by atoms with Crippen LogP contribution >= 0.6 is 0 Å². The lowest BCUT2D eigenvalue weighted by atomic mass is 9.78. The van der Waals surface area contributed by atoms with E-state index < -0.39 is 17.8 Å². The highest BCUT2D eigenvalue weighted by molar-refractivity contribution is 5.92. The van der Waals surface area contributed by atoms with Crippen LogP contribution in [0.1, 0.15) is 59.8 Å². The molecule has 4 heterocycles. The van der Waals surface area contributed by atoms with Gasteiger partial charge in [-0.25, -0.2) is 19.2 Å². The van der Waals surface area contributed by atoms with Gasteiger partial charge in [-0.3, -0.25) is 9.36 Å². The molecule has 1 aromatic carbocycles. The SMILES string of the molecule is Cc1ccc(N[C@H](C)c2cc(F)cc3c(=O)n4c(nc23)C2(CCOCC2)CC4)c(C(=O)O)n1. The molecule has 1 atom stereocenters. The molecule has 2 N–H and O–H groups in total. The summed E-state index contributed by atoms with van der Waals surface area (Å²) in [6.45, 7) is 5.31. The molecule has 1 saturated heterocycles. The van der Waals surface area contributed by atoms with Crippen molar-refractivity contribution in [3.05, 3.63) is 63.2 Å². The molecule has 0 bridgehead atoms. The summed E-state index contributed by atoms with van der Waals surface area (Å²) < 4.78 is 21.8. The summed E-state index contributed by atoms with van der Waals surface area (Å²) in [6.07, 6.45) is 2.41. The fourth-order valence-electron chi connectivity index (χ4n) is 5.08. The number of nitrogens with zero attached hydrogens (tertiary/aromatic N) is 3. The molecule has 172 valence electrons. The Morgan fingerprint density at radius 2 is 2.00 bits per heavy atom. The summed E-state index contributed by atoms with van der Waals surface area (Å²) in [6, 6.07) is 5.42. The highest BCUT2D eigenvalue weighted by atomic mass is 19.1. The summed E-state index contributed by atoms with van der Waals surface area (Å²) >= 11 is 0. The van der Waals surface area contributed by atoms with Crippen molar-refractivity contribution < 1.29 is 19.0 Å². The second kappa shape index (κ2) is 7.91. The summed E-state index contributed by atoms with van der Waals surface area (Å²) in [7, 11) is 0. The number of anilines is 1. The first-order valence-corrected chi connectivity index (χ1v) is 11.1. The monoisotopic (exact) mass is 452 g/mol. The van der Waals surface area contributed by atoms with Crippen LogP contribution in [0.25, 0.3) is 10.9 Å². The molecule has 5 rings (SSSR count). The largest absolute Gasteiger partial charge is 0.476 e. The smallest absolute Gasteiger partial charge is 0.356 e. The highest BCUT2D eigenvalue weighted by Gasteiger charge is 2.43. The average Bonchev–Trinajstić information content (AvgIpc) is 3.13. The first-order valence-electron chi connectivity index (χ1n) is 11.1. The van der Waals surface area contributed by atoms with Crippen LogP contribution in [-0.4, -0.2) is 38.8 Å². The highest BCUT2D eigenvalue weighted by Crippen LogP contribution is 2.42. The average molecular weight is 452 g/mol. The van der Waals surface area contributed by atoms with Crippen LogP contribution in [0.3, 0.4) is 0 Å². The van der Waals surface area contributed by atoms with E-state index in [1.165, 1.54) is 12.1 Å². The number of pyridine rings is 1. The first kappa shape index (κ1) is 21.5. The van der Waals surface area contributed by atoms with Crippen molar-refractivity contribution in [1.29, 1.82) is 0 Å². The normalized spacial score (nSPS) is 17.8. The van der Waals surface area contributed by atoms with Crippen molar-refractivity contribution in [2.45, 2.75) is 51.1 Å². The zero-order valence-corrected chi connectivity index (χ0v) is 18.5. The minimum Gasteiger partial charge on any atom is -0.476 e. The van der Waals surface area contributed by atoms with Gasteiger partial charge in [0, 0.05) is 36.4 Å². The van der Waals surface area contributed by atoms with Gasteiger partial charge < -0.3 is 15.2 Å². The number of fused-ring (bicyclic) bond motifs is 3. The third-order valence-corrected chi connectivity index (χ3v) is 6.87. The molecule has 0 aliphatic carbocycles. The van der Waals surface area contributed by atoms with Crippen molar-refractivity contribution >= 4 is 22.6 Å². The number of aromatic nitrogens is 3. The Kier molecular flexibility index (Phi) is 5.16. The zero-order chi connectivity index (χ0) is 23.3. The molecular formula is C24H25FN4O4. The number of rotatable bonds is 4. The zero-order valence-electron chi connectivity index (χ0n) is 18.5. The van der Waals surface area contributed by atoms with Crippen molar-refractivity contribution in [1.82, 2.24) is 14.5 Å². The van der Waals surface area contributed by atoms with E-state index >= 15 is 0 Å². The van der Waals surface area contributed by atoms with Gasteiger partial charge in [-0.1, -0.05) is 0 Å². The molecule has 1 spiro atoms. The second-order valence-electron chi connectivity index (χ2n) is 8.95. The fourth-order valence-corrected chi connectivity index (χ4v) is 5.08. The van der Waals surface area contributed by atoms with E-state index in [0.29, 0.717) is 42.2 Å². The molecule has 8 nitrogen and oxygen atoms in total. The number of carboxylic acids is 1. The Labute approximate surface area is 189 Å². The molecule has 0 saturated carbocycles. The molecule has 2 aromatic heterocycles. The summed E-state index contributed by atoms with van der Waals surface area (Å²) in [5, 5.41) is 12.9. The number of ether oxygens (including phenoxy) is 1. The predicted molar refractivity (Wildman–Crippen MR) is 120 cm³/mol. The Morgan fingerprint density at radius 1 is 1.24 bits per heavy atom. The molecule has 2 aliphatic heterocycles. The third kappa shape index (κ3) is 3.56. The Morgan fingerprint density at radius 3 is 2.73 bits per heavy atom. The van der Waals surface area contributed by atoms with Crippen molar-refractivity contribution in [3.8, 4) is 0 Å². The molecule has 1 fully saturated rings. The van der Waals surface area contributed by atoms with Gasteiger partial charge in [0.15, 0.2) is 5.69 Å². The molecule has 33 heavy (non-hydrogen) atoms. The van der Waals surface area contributed by atoms with E-state index in [-0.39, 0.29) is 22.1 Å². The van der Waals surface area contributed by atoms with E-state index in [4.69, 9.17) is 9.72 Å². The van der Waals surface area contributed by atoms with Crippen molar-refractivity contribution in [3.63, 3.8) is 0 Å². The van der Waals surface area contributed by atoms with E-state index in [1.54, 1.807) is 30.5 Å². The lowest BCUT2D eigenvalue weighted by molar-refractivity contribution is 0.0492. The number of hydrogen-bond donors (Lipinski definition) is 2. The number of nitrogens with one attached hydrogen (secondary N) is 1. The summed E-state index contributed by atoms with van der Waals surface area (Å²) in [5.41, 5.74) is 1.28. The number of benzene rings is 1. The van der Waals surface area contributed by atoms with E-state index in [0.717, 1.165) is 25.1 Å². The predicted octanol–water partition coefficient (Wildman–Crippen LogP) is 3.56. The number of aromatic carboxylic acids is 1. The quantitative estimate of drug-likeness (QED) is 0.623. The summed E-state index contributed by atoms with van der Waals surface area (Å²) in [4.78, 5) is 34.0. The summed E-state index contributed by atoms with van der Waals surface area (Å²) in [5.74, 6) is -0.954. The van der Waals surface area contributed by atoms with Gasteiger partial charge in [-0.15, -0.1) is 0 Å². The van der Waals surface area contributed by atoms with Gasteiger partial charge in [0.2, 0.25) is 0 Å². The fraction of sp³-hybridized carbons (Fsp3) is 0.417. The molecule has 0 amide bonds. The van der Waals surface area contributed by atoms with Crippen LogP contribution in [0.4, 0.5) is 10.1 Å². The molecule has 0 unspecified atom stereocenters. The van der Waals surface area contributed by atoms with Gasteiger partial charge in [-0.2, -0.15) is 0 Å². The maximum atomic E-state index is 14.6. The number of hydrogen-bond acceptors (Lipinski definition) is 6. The van der Waals surface area contributed by atoms with Crippen LogP contribution in [0, 0.1) is 12.7 Å². The van der Waals surface area contributed by atoms with Crippen LogP contribution in [0.15, 0.2) is 29.1 Å². The first-order chi connectivity index (χ1) is 15.8. The Bertz CT molecular complexity index is 1330. The Hall–Kier alpha value is -3.33. The third-order valence-electron chi connectivity index (χ3n) is 6.87. The van der Waals surface area contributed by atoms with Crippen molar-refractivity contribution in [2.75, 3.05) is 18.5 Å². The molecule has 0 radical (unpaired) electrons. The molecular weight excluding hydrogens is 427 g/mol. The van der Waals surface area contributed by atoms with Crippen LogP contribution in [-0.2, 0) is 16.7 Å². The van der Waals surface area contributed by atoms with Gasteiger partial charge in [0.1, 0.15) is 11.6 Å². The molecule has 3 aromatic rings. The number of carboxylic acid groups (broad SMARTS) is 1. The second-order valence-corrected chi connectivity index (χ2v) is 8.95. The van der Waals surface area contributed by atoms with Gasteiger partial charge in [0.05, 0.1) is 22.6 Å². The van der Waals surface area contributed by atoms with E-state index in [2.05, 4.69) is 10.3 Å². The van der Waals surface area contributed by atoms with Crippen LogP contribution in [0.2, 0.25) is 0 Å². The standard InChI is InChI=1S/C24H25FN4O4/c1-13-3-4-18(20(26-13)22(31)32)27-14(2)16-11-15(25)12-17-19(16)28-23-24(6-9-33-10-7-24)5-8-29(23)21(17)30/h3-4,11-12,14,27H,5-10H2,1-2H3,(H,31,32)/t14-/m1/s1. The number of aryl methyl sites for hydroxylation is 1. The molecule has 9 heteroatoms. The Balaban J connectivity index is 1.63. The minimum absolute atomic E-state index is 0.113. The van der Waals surface area contributed by atoms with Gasteiger partial charge >= 0.3 is 5.97 Å². The minimum atomic E-state index is -1.16. The maximum Gasteiger partial charge on any atom is 0.356 e. The lowest BCUT2D eigenvalue weighted by Gasteiger charge is -2.32. The van der Waals surface area contributed by atoms with Crippen molar-refractivity contribution in [2.24, 2.45) is 0 Å². The van der Waals surface area contributed by atoms with Crippen LogP contribution in [0.5, 0.6) is 0 Å². The lowest BCUT2D eigenvalue weighted by Crippen LogP contribution is -2.34. The number of halogens is 1. The maximum absolute atomic E-state index is 14.6. The topological polar surface area (TPSA) is 106 Å².